The van der Waals surface area contributed by atoms with Gasteiger partial charge in [0, 0.05) is 61.3 Å². The fourth-order valence-corrected chi connectivity index (χ4v) is 10.4. The molecule has 0 unspecified atom stereocenters. The van der Waals surface area contributed by atoms with Crippen molar-refractivity contribution in [2.24, 2.45) is 0 Å². The minimum atomic E-state index is -0.192. The number of nitrogens with zero attached hydrogens (tertiary/aromatic N) is 4. The van der Waals surface area contributed by atoms with E-state index >= 15 is 0 Å². The van der Waals surface area contributed by atoms with E-state index in [0.29, 0.717) is 29.3 Å². The van der Waals surface area contributed by atoms with Crippen molar-refractivity contribution in [3.8, 4) is 39.6 Å². The number of fused-ring (bicyclic) bond motifs is 4. The molecule has 0 saturated carbocycles. The smallest absolute Gasteiger partial charge is 0.136 e. The first-order valence-corrected chi connectivity index (χ1v) is 26.7. The molecule has 1 aliphatic rings. The Kier molecular flexibility index (Phi) is 14.4. The van der Waals surface area contributed by atoms with Crippen LogP contribution in [0, 0.1) is 18.8 Å². The molecule has 0 aliphatic carbocycles. The summed E-state index contributed by atoms with van der Waals surface area (Å²) >= 11 is 0. The van der Waals surface area contributed by atoms with E-state index in [1.807, 2.05) is 12.3 Å². The molecule has 1 aliphatic heterocycles. The van der Waals surface area contributed by atoms with E-state index in [4.69, 9.17) is 9.72 Å². The third-order valence-electron chi connectivity index (χ3n) is 14.9. The van der Waals surface area contributed by atoms with Crippen LogP contribution in [0.3, 0.4) is 0 Å². The number of anilines is 4. The van der Waals surface area contributed by atoms with E-state index in [-0.39, 0.29) is 37.3 Å². The number of hydrogen-bond acceptors (Lipinski definition) is 4. The Morgan fingerprint density at radius 2 is 1.16 bits per heavy atom. The van der Waals surface area contributed by atoms with Gasteiger partial charge in [0.05, 0.1) is 0 Å². The van der Waals surface area contributed by atoms with Crippen LogP contribution in [0.1, 0.15) is 155 Å². The van der Waals surface area contributed by atoms with Gasteiger partial charge in [0.25, 0.3) is 0 Å². The summed E-state index contributed by atoms with van der Waals surface area (Å²) in [5.41, 5.74) is 18.6. The Hall–Kier alpha value is -6.42. The van der Waals surface area contributed by atoms with E-state index in [9.17, 15) is 0 Å². The van der Waals surface area contributed by atoms with Crippen molar-refractivity contribution < 1.29 is 25.8 Å². The Labute approximate surface area is 462 Å². The van der Waals surface area contributed by atoms with Crippen LogP contribution in [0.2, 0.25) is 0 Å². The van der Waals surface area contributed by atoms with Gasteiger partial charge < -0.3 is 19.1 Å². The number of aromatic nitrogens is 2. The van der Waals surface area contributed by atoms with Gasteiger partial charge in [-0.3, -0.25) is 0 Å². The van der Waals surface area contributed by atoms with Crippen LogP contribution in [-0.4, -0.2) is 9.55 Å². The minimum absolute atomic E-state index is 0. The molecule has 7 aromatic carbocycles. The molecule has 0 bridgehead atoms. The molecule has 0 radical (unpaired) electrons. The second kappa shape index (κ2) is 20.3. The molecule has 388 valence electrons. The van der Waals surface area contributed by atoms with Gasteiger partial charge in [-0.1, -0.05) is 182 Å². The maximum atomic E-state index is 7.00. The first-order chi connectivity index (χ1) is 35.0. The van der Waals surface area contributed by atoms with E-state index in [0.717, 1.165) is 55.9 Å². The molecule has 10 rings (SSSR count). The largest absolute Gasteiger partial charge is 0.509 e. The van der Waals surface area contributed by atoms with Gasteiger partial charge in [0.2, 0.25) is 0 Å². The van der Waals surface area contributed by atoms with Gasteiger partial charge in [-0.15, -0.1) is 53.6 Å². The molecular weight excluding hydrogens is 1100 g/mol. The number of hydrogen-bond donors (Lipinski definition) is 0. The fourth-order valence-electron chi connectivity index (χ4n) is 10.4. The van der Waals surface area contributed by atoms with E-state index in [1.54, 1.807) is 0 Å². The van der Waals surface area contributed by atoms with Crippen molar-refractivity contribution in [2.45, 2.75) is 138 Å². The Balaban J connectivity index is 0.00000689. The monoisotopic (exact) mass is 1170 g/mol. The third-order valence-corrected chi connectivity index (χ3v) is 14.9. The summed E-state index contributed by atoms with van der Waals surface area (Å²) in [6.45, 7) is 36.6. The molecule has 2 aromatic heterocycles. The molecular formula is C69H73N4OPt-3. The molecule has 0 amide bonds. The molecule has 0 atom stereocenters. The van der Waals surface area contributed by atoms with Gasteiger partial charge in [-0.25, -0.2) is 4.98 Å². The molecule has 0 spiro atoms. The third kappa shape index (κ3) is 10.5. The van der Waals surface area contributed by atoms with E-state index < -0.39 is 0 Å². The average molecular weight is 1170 g/mol. The second-order valence-corrected chi connectivity index (χ2v) is 24.5. The summed E-state index contributed by atoms with van der Waals surface area (Å²) in [5, 5.41) is 2.23. The van der Waals surface area contributed by atoms with Crippen LogP contribution < -0.4 is 14.5 Å². The van der Waals surface area contributed by atoms with Gasteiger partial charge in [-0.05, 0) is 132 Å². The Bertz CT molecular complexity index is 3530. The van der Waals surface area contributed by atoms with Crippen molar-refractivity contribution in [2.75, 3.05) is 9.80 Å². The van der Waals surface area contributed by atoms with Crippen LogP contribution in [0.15, 0.2) is 146 Å². The van der Waals surface area contributed by atoms with Gasteiger partial charge in [-0.2, -0.15) is 6.07 Å². The molecule has 0 fully saturated rings. The standard InChI is InChI=1S/C69H73N4O.Pt/c1-43(2)48-33-59(44(3)4)66(60(34-48)45(5)6)47-29-30-70-65(35-47)73-61-24-20-19-23-57(61)58-27-26-55(41-63(58)73)74-56-38-52(69(13,14)15)37-54(40-56)71-42-72(64-39-50(67(7,8)9)25-28-62(64)71)53-32-49(46-21-17-16-18-22-46)31-51(36-53)68(10,11)12;/h16-39,42-45H,1-15H3;/q-3;. The number of benzene rings is 7. The molecule has 0 saturated heterocycles. The zero-order valence-electron chi connectivity index (χ0n) is 46.7. The van der Waals surface area contributed by atoms with Crippen molar-refractivity contribution in [1.82, 2.24) is 9.55 Å². The van der Waals surface area contributed by atoms with Crippen molar-refractivity contribution in [1.29, 1.82) is 0 Å². The Morgan fingerprint density at radius 3 is 1.81 bits per heavy atom. The molecule has 9 aromatic rings. The molecule has 75 heavy (non-hydrogen) atoms. The normalized spacial score (nSPS) is 13.1. The number of rotatable bonds is 10. The zero-order chi connectivity index (χ0) is 52.6. The maximum absolute atomic E-state index is 7.00. The van der Waals surface area contributed by atoms with Crippen LogP contribution in [0.5, 0.6) is 11.5 Å². The second-order valence-electron chi connectivity index (χ2n) is 24.5. The van der Waals surface area contributed by atoms with Crippen molar-refractivity contribution >= 4 is 44.6 Å². The fraction of sp³-hybridized carbons (Fsp3) is 0.304. The quantitative estimate of drug-likeness (QED) is 0.128. The maximum Gasteiger partial charge on any atom is 0.136 e. The van der Waals surface area contributed by atoms with Crippen LogP contribution in [-0.2, 0) is 37.3 Å². The van der Waals surface area contributed by atoms with Crippen molar-refractivity contribution in [3.05, 3.63) is 198 Å². The number of pyridine rings is 1. The summed E-state index contributed by atoms with van der Waals surface area (Å²) in [4.78, 5) is 9.74. The predicted molar refractivity (Wildman–Crippen MR) is 313 cm³/mol. The number of ether oxygens (including phenoxy) is 1. The summed E-state index contributed by atoms with van der Waals surface area (Å²) in [6, 6.07) is 58.7. The summed E-state index contributed by atoms with van der Waals surface area (Å²) in [5.74, 6) is 3.22. The minimum Gasteiger partial charge on any atom is -0.509 e. The zero-order valence-corrected chi connectivity index (χ0v) is 49.0. The first kappa shape index (κ1) is 53.4. The molecule has 0 N–H and O–H groups in total. The van der Waals surface area contributed by atoms with E-state index in [2.05, 4.69) is 270 Å². The van der Waals surface area contributed by atoms with Crippen LogP contribution >= 0.6 is 0 Å². The molecule has 6 heteroatoms. The van der Waals surface area contributed by atoms with Gasteiger partial charge in [0.15, 0.2) is 0 Å². The summed E-state index contributed by atoms with van der Waals surface area (Å²) in [7, 11) is 0. The van der Waals surface area contributed by atoms with Crippen LogP contribution in [0.25, 0.3) is 49.9 Å². The predicted octanol–water partition coefficient (Wildman–Crippen LogP) is 19.6. The van der Waals surface area contributed by atoms with E-state index in [1.165, 1.54) is 50.1 Å². The Morgan fingerprint density at radius 1 is 0.507 bits per heavy atom. The topological polar surface area (TPSA) is 33.5 Å². The van der Waals surface area contributed by atoms with Gasteiger partial charge >= 0.3 is 0 Å². The first-order valence-electron chi connectivity index (χ1n) is 26.7. The number of para-hydroxylation sites is 1. The summed E-state index contributed by atoms with van der Waals surface area (Å²) in [6.07, 6.45) is 1.97. The van der Waals surface area contributed by atoms with Crippen LogP contribution in [0.4, 0.5) is 22.7 Å². The van der Waals surface area contributed by atoms with Crippen molar-refractivity contribution in [3.63, 3.8) is 0 Å². The summed E-state index contributed by atoms with van der Waals surface area (Å²) < 4.78 is 9.25. The molecule has 3 heterocycles. The molecule has 5 nitrogen and oxygen atoms in total. The average Bonchev–Trinajstić information content (AvgIpc) is 3.91. The SMILES string of the molecule is CC(C)c1cc(C(C)C)c(-c2ccnc(-n3c4[c-]c(Oc5[c-]c(N6[CH-]N(c7cc(-c8ccccc8)cc(C(C)(C)C)c7)c7cc(C(C)(C)C)ccc76)cc(C(C)(C)C)c5)ccc4c4ccccc43)c2)c(C(C)C)c1.[Pt]. The van der Waals surface area contributed by atoms with Gasteiger partial charge in [0.1, 0.15) is 5.82 Å².